The van der Waals surface area contributed by atoms with E-state index in [1.54, 1.807) is 0 Å². The van der Waals surface area contributed by atoms with Crippen molar-refractivity contribution in [2.45, 2.75) is 6.92 Å². The van der Waals surface area contributed by atoms with E-state index in [1.807, 2.05) is 31.2 Å². The molecule has 1 heterocycles. The Hall–Kier alpha value is -1.90. The molecule has 0 aliphatic rings. The van der Waals surface area contributed by atoms with E-state index in [9.17, 15) is 0 Å². The third kappa shape index (κ3) is 1.44. The molecule has 0 aliphatic heterocycles. The Kier molecular flexibility index (Phi) is 2.14. The van der Waals surface area contributed by atoms with Crippen molar-refractivity contribution in [2.75, 3.05) is 0 Å². The average Bonchev–Trinajstić information content (AvgIpc) is 2.70. The molecule has 14 heavy (non-hydrogen) atoms. The summed E-state index contributed by atoms with van der Waals surface area (Å²) in [7, 11) is 0. The maximum Gasteiger partial charge on any atom is 0.214 e. The molecule has 0 saturated carbocycles. The minimum atomic E-state index is 0.623. The van der Waals surface area contributed by atoms with Crippen LogP contribution in [0.3, 0.4) is 0 Å². The first-order valence-electron chi connectivity index (χ1n) is 4.31. The lowest BCUT2D eigenvalue weighted by Gasteiger charge is -2.01. The molecule has 70 valence electrons. The van der Waals surface area contributed by atoms with Gasteiger partial charge >= 0.3 is 0 Å². The van der Waals surface area contributed by atoms with E-state index in [2.05, 4.69) is 16.7 Å². The Morgan fingerprint density at radius 1 is 1.43 bits per heavy atom. The second-order valence-electron chi connectivity index (χ2n) is 3.03. The molecule has 0 aliphatic carbocycles. The van der Waals surface area contributed by atoms with Crippen LogP contribution in [0.1, 0.15) is 11.1 Å². The molecule has 0 N–H and O–H groups in total. The van der Waals surface area contributed by atoms with Gasteiger partial charge in [0.05, 0.1) is 0 Å². The van der Waals surface area contributed by atoms with Gasteiger partial charge in [0.1, 0.15) is 0 Å². The van der Waals surface area contributed by atoms with Crippen LogP contribution in [0.15, 0.2) is 35.7 Å². The summed E-state index contributed by atoms with van der Waals surface area (Å²) >= 11 is 0. The van der Waals surface area contributed by atoms with Crippen LogP contribution >= 0.6 is 0 Å². The first-order chi connectivity index (χ1) is 6.81. The van der Waals surface area contributed by atoms with Gasteiger partial charge in [-0.1, -0.05) is 36.0 Å². The van der Waals surface area contributed by atoms with Crippen LogP contribution in [0.25, 0.3) is 17.5 Å². The van der Waals surface area contributed by atoms with E-state index in [-0.39, 0.29) is 0 Å². The fourth-order valence-corrected chi connectivity index (χ4v) is 1.35. The highest BCUT2D eigenvalue weighted by Crippen LogP contribution is 2.20. The lowest BCUT2D eigenvalue weighted by atomic mass is 10.0. The zero-order valence-electron chi connectivity index (χ0n) is 7.90. The topological polar surface area (TPSA) is 38.9 Å². The summed E-state index contributed by atoms with van der Waals surface area (Å²) in [6.45, 7) is 5.73. The van der Waals surface area contributed by atoms with Crippen molar-refractivity contribution >= 4 is 6.08 Å². The average molecular weight is 186 g/mol. The van der Waals surface area contributed by atoms with Crippen molar-refractivity contribution in [3.05, 3.63) is 42.3 Å². The van der Waals surface area contributed by atoms with Crippen molar-refractivity contribution in [2.24, 2.45) is 0 Å². The third-order valence-electron chi connectivity index (χ3n) is 2.09. The molecule has 0 spiro atoms. The predicted molar refractivity (Wildman–Crippen MR) is 54.6 cm³/mol. The van der Waals surface area contributed by atoms with Crippen molar-refractivity contribution in [1.82, 2.24) is 10.1 Å². The summed E-state index contributed by atoms with van der Waals surface area (Å²) in [5.74, 6) is 0.623. The highest BCUT2D eigenvalue weighted by Gasteiger charge is 2.05. The summed E-state index contributed by atoms with van der Waals surface area (Å²) in [6.07, 6.45) is 3.14. The first kappa shape index (κ1) is 8.69. The summed E-state index contributed by atoms with van der Waals surface area (Å²) < 4.78 is 4.70. The summed E-state index contributed by atoms with van der Waals surface area (Å²) in [4.78, 5) is 4.00. The van der Waals surface area contributed by atoms with E-state index in [0.717, 1.165) is 16.7 Å². The highest BCUT2D eigenvalue weighted by atomic mass is 16.5. The van der Waals surface area contributed by atoms with Gasteiger partial charge in [-0.3, -0.25) is 0 Å². The number of hydrogen-bond donors (Lipinski definition) is 0. The van der Waals surface area contributed by atoms with E-state index in [1.165, 1.54) is 6.39 Å². The third-order valence-corrected chi connectivity index (χ3v) is 2.09. The van der Waals surface area contributed by atoms with Crippen LogP contribution in [-0.2, 0) is 0 Å². The van der Waals surface area contributed by atoms with Gasteiger partial charge in [-0.15, -0.1) is 0 Å². The van der Waals surface area contributed by atoms with Crippen molar-refractivity contribution in [3.63, 3.8) is 0 Å². The van der Waals surface area contributed by atoms with Crippen molar-refractivity contribution < 1.29 is 4.52 Å². The van der Waals surface area contributed by atoms with E-state index in [0.29, 0.717) is 5.82 Å². The smallest absolute Gasteiger partial charge is 0.214 e. The maximum absolute atomic E-state index is 4.70. The number of benzene rings is 1. The normalized spacial score (nSPS) is 10.1. The Labute approximate surface area is 82.1 Å². The molecular weight excluding hydrogens is 176 g/mol. The molecule has 1 aromatic heterocycles. The Morgan fingerprint density at radius 3 is 2.86 bits per heavy atom. The van der Waals surface area contributed by atoms with Crippen molar-refractivity contribution in [3.8, 4) is 11.4 Å². The SMILES string of the molecule is C=Cc1ccc(-c2ncon2)c(C)c1. The minimum Gasteiger partial charge on any atom is -0.342 e. The summed E-state index contributed by atoms with van der Waals surface area (Å²) in [6, 6.07) is 5.99. The Bertz CT molecular complexity index is 446. The Morgan fingerprint density at radius 2 is 2.29 bits per heavy atom. The van der Waals surface area contributed by atoms with Crippen LogP contribution in [0.5, 0.6) is 0 Å². The molecular formula is C11H10N2O. The largest absolute Gasteiger partial charge is 0.342 e. The number of hydrogen-bond acceptors (Lipinski definition) is 3. The fraction of sp³-hybridized carbons (Fsp3) is 0.0909. The molecule has 0 radical (unpaired) electrons. The van der Waals surface area contributed by atoms with Gasteiger partial charge in [0, 0.05) is 5.56 Å². The Balaban J connectivity index is 2.51. The lowest BCUT2D eigenvalue weighted by Crippen LogP contribution is -1.86. The van der Waals surface area contributed by atoms with Crippen LogP contribution in [0, 0.1) is 6.92 Å². The number of nitrogens with zero attached hydrogens (tertiary/aromatic N) is 2. The number of aromatic nitrogens is 2. The zero-order chi connectivity index (χ0) is 9.97. The molecule has 0 fully saturated rings. The lowest BCUT2D eigenvalue weighted by molar-refractivity contribution is 0.418. The maximum atomic E-state index is 4.70. The highest BCUT2D eigenvalue weighted by molar-refractivity contribution is 5.63. The minimum absolute atomic E-state index is 0.623. The monoisotopic (exact) mass is 186 g/mol. The number of rotatable bonds is 2. The van der Waals surface area contributed by atoms with Crippen LogP contribution in [0.4, 0.5) is 0 Å². The van der Waals surface area contributed by atoms with Gasteiger partial charge in [-0.2, -0.15) is 4.98 Å². The molecule has 0 amide bonds. The number of aryl methyl sites for hydroxylation is 1. The quantitative estimate of drug-likeness (QED) is 0.723. The molecule has 3 nitrogen and oxygen atoms in total. The first-order valence-corrected chi connectivity index (χ1v) is 4.31. The summed E-state index contributed by atoms with van der Waals surface area (Å²) in [5.41, 5.74) is 3.20. The van der Waals surface area contributed by atoms with Gasteiger partial charge in [-0.25, -0.2) is 0 Å². The van der Waals surface area contributed by atoms with E-state index in [4.69, 9.17) is 4.52 Å². The summed E-state index contributed by atoms with van der Waals surface area (Å²) in [5, 5.41) is 3.79. The second-order valence-corrected chi connectivity index (χ2v) is 3.03. The fourth-order valence-electron chi connectivity index (χ4n) is 1.35. The van der Waals surface area contributed by atoms with Crippen LogP contribution in [0.2, 0.25) is 0 Å². The molecule has 0 atom stereocenters. The second kappa shape index (κ2) is 3.46. The van der Waals surface area contributed by atoms with E-state index >= 15 is 0 Å². The molecule has 0 bridgehead atoms. The van der Waals surface area contributed by atoms with Gasteiger partial charge in [0.25, 0.3) is 0 Å². The molecule has 3 heteroatoms. The van der Waals surface area contributed by atoms with Gasteiger partial charge in [0.2, 0.25) is 12.2 Å². The van der Waals surface area contributed by atoms with Crippen LogP contribution < -0.4 is 0 Å². The molecule has 1 aromatic carbocycles. The van der Waals surface area contributed by atoms with Gasteiger partial charge in [-0.05, 0) is 18.1 Å². The van der Waals surface area contributed by atoms with Crippen molar-refractivity contribution in [1.29, 1.82) is 0 Å². The molecule has 0 saturated heterocycles. The predicted octanol–water partition coefficient (Wildman–Crippen LogP) is 2.69. The van der Waals surface area contributed by atoms with Gasteiger partial charge in [0.15, 0.2) is 0 Å². The van der Waals surface area contributed by atoms with Gasteiger partial charge < -0.3 is 4.52 Å². The standard InChI is InChI=1S/C11H10N2O/c1-3-9-4-5-10(8(2)6-9)11-12-7-14-13-11/h3-7H,1H2,2H3. The molecule has 2 rings (SSSR count). The van der Waals surface area contributed by atoms with E-state index < -0.39 is 0 Å². The zero-order valence-corrected chi connectivity index (χ0v) is 7.90. The molecule has 2 aromatic rings. The van der Waals surface area contributed by atoms with Crippen LogP contribution in [-0.4, -0.2) is 10.1 Å². The molecule has 0 unspecified atom stereocenters.